The molecule has 1 aromatic carbocycles. The van der Waals surface area contributed by atoms with Gasteiger partial charge >= 0.3 is 0 Å². The summed E-state index contributed by atoms with van der Waals surface area (Å²) in [5, 5.41) is 0. The van der Waals surface area contributed by atoms with Crippen LogP contribution in [0.4, 0.5) is 0 Å². The zero-order valence-electron chi connectivity index (χ0n) is 9.57. The summed E-state index contributed by atoms with van der Waals surface area (Å²) >= 11 is 0. The summed E-state index contributed by atoms with van der Waals surface area (Å²) in [6.07, 6.45) is 8.34. The molecule has 1 saturated carbocycles. The fourth-order valence-electron chi connectivity index (χ4n) is 2.37. The Morgan fingerprint density at radius 1 is 1.44 bits per heavy atom. The molecule has 1 aromatic rings. The topological polar surface area (TPSA) is 35.2 Å². The van der Waals surface area contributed by atoms with Gasteiger partial charge in [0.25, 0.3) is 0 Å². The van der Waals surface area contributed by atoms with Gasteiger partial charge in [-0.1, -0.05) is 18.1 Å². The second kappa shape index (κ2) is 4.19. The largest absolute Gasteiger partial charge is 0.497 e. The zero-order valence-corrected chi connectivity index (χ0v) is 9.57. The van der Waals surface area contributed by atoms with Crippen LogP contribution in [0.1, 0.15) is 30.7 Å². The molecule has 0 aromatic heterocycles. The van der Waals surface area contributed by atoms with Crippen LogP contribution in [0.2, 0.25) is 0 Å². The third kappa shape index (κ3) is 2.05. The monoisotopic (exact) mass is 215 g/mol. The number of rotatable bonds is 2. The molecule has 2 heteroatoms. The minimum atomic E-state index is -0.398. The summed E-state index contributed by atoms with van der Waals surface area (Å²) in [6, 6.07) is 8.18. The van der Waals surface area contributed by atoms with Crippen LogP contribution < -0.4 is 10.5 Å². The Morgan fingerprint density at radius 3 is 2.62 bits per heavy atom. The summed E-state index contributed by atoms with van der Waals surface area (Å²) in [5.74, 6) is 4.09. The molecule has 1 aliphatic rings. The number of benzene rings is 1. The lowest BCUT2D eigenvalue weighted by molar-refractivity contribution is 0.414. The lowest BCUT2D eigenvalue weighted by Gasteiger charge is -2.16. The molecule has 1 aliphatic carbocycles. The van der Waals surface area contributed by atoms with E-state index in [1.54, 1.807) is 7.11 Å². The highest BCUT2D eigenvalue weighted by atomic mass is 16.5. The Balaban J connectivity index is 2.12. The molecule has 84 valence electrons. The first kappa shape index (κ1) is 11.0. The molecular formula is C14H17NO. The SMILES string of the molecule is C#C[C@@]1(N)CC[C@@H](c2ccc(OC)cc2)C1. The molecule has 2 atom stereocenters. The lowest BCUT2D eigenvalue weighted by Crippen LogP contribution is -2.34. The van der Waals surface area contributed by atoms with Crippen molar-refractivity contribution in [2.45, 2.75) is 30.7 Å². The van der Waals surface area contributed by atoms with Gasteiger partial charge in [-0.3, -0.25) is 0 Å². The predicted molar refractivity (Wildman–Crippen MR) is 65.3 cm³/mol. The predicted octanol–water partition coefficient (Wildman–Crippen LogP) is 2.29. The minimum absolute atomic E-state index is 0.398. The molecule has 0 saturated heterocycles. The molecule has 2 nitrogen and oxygen atoms in total. The molecule has 0 bridgehead atoms. The molecular weight excluding hydrogens is 198 g/mol. The fraction of sp³-hybridized carbons (Fsp3) is 0.429. The van der Waals surface area contributed by atoms with Crippen LogP contribution in [-0.2, 0) is 0 Å². The van der Waals surface area contributed by atoms with E-state index >= 15 is 0 Å². The van der Waals surface area contributed by atoms with E-state index in [4.69, 9.17) is 16.9 Å². The van der Waals surface area contributed by atoms with Gasteiger partial charge < -0.3 is 10.5 Å². The molecule has 0 heterocycles. The molecule has 0 unspecified atom stereocenters. The van der Waals surface area contributed by atoms with Crippen LogP contribution in [0.25, 0.3) is 0 Å². The van der Waals surface area contributed by atoms with Gasteiger partial charge in [0.2, 0.25) is 0 Å². The third-order valence-electron chi connectivity index (χ3n) is 3.42. The smallest absolute Gasteiger partial charge is 0.118 e. The third-order valence-corrected chi connectivity index (χ3v) is 3.42. The summed E-state index contributed by atoms with van der Waals surface area (Å²) in [4.78, 5) is 0. The molecule has 1 fully saturated rings. The first-order valence-corrected chi connectivity index (χ1v) is 5.57. The van der Waals surface area contributed by atoms with Gasteiger partial charge in [0.15, 0.2) is 0 Å². The summed E-state index contributed by atoms with van der Waals surface area (Å²) < 4.78 is 5.14. The zero-order chi connectivity index (χ0) is 11.6. The highest BCUT2D eigenvalue weighted by Gasteiger charge is 2.34. The van der Waals surface area contributed by atoms with Gasteiger partial charge in [0, 0.05) is 0 Å². The quantitative estimate of drug-likeness (QED) is 0.768. The Morgan fingerprint density at radius 2 is 2.12 bits per heavy atom. The number of nitrogens with two attached hydrogens (primary N) is 1. The maximum atomic E-state index is 6.08. The lowest BCUT2D eigenvalue weighted by atomic mass is 9.94. The van der Waals surface area contributed by atoms with E-state index in [0.29, 0.717) is 5.92 Å². The number of hydrogen-bond donors (Lipinski definition) is 1. The van der Waals surface area contributed by atoms with Gasteiger partial charge in [-0.2, -0.15) is 0 Å². The normalized spacial score (nSPS) is 28.7. The van der Waals surface area contributed by atoms with Crippen molar-refractivity contribution in [3.8, 4) is 18.1 Å². The average molecular weight is 215 g/mol. The van der Waals surface area contributed by atoms with Crippen molar-refractivity contribution < 1.29 is 4.74 Å². The van der Waals surface area contributed by atoms with Crippen LogP contribution in [0.3, 0.4) is 0 Å². The van der Waals surface area contributed by atoms with E-state index in [9.17, 15) is 0 Å². The first-order valence-electron chi connectivity index (χ1n) is 5.57. The van der Waals surface area contributed by atoms with Crippen LogP contribution in [0.5, 0.6) is 5.75 Å². The van der Waals surface area contributed by atoms with Crippen LogP contribution in [0, 0.1) is 12.3 Å². The Kier molecular flexibility index (Phi) is 2.89. The standard InChI is InChI=1S/C14H17NO/c1-3-14(15)9-8-12(10-14)11-4-6-13(16-2)7-5-11/h1,4-7,12H,8-10,15H2,2H3/t12-,14-/m1/s1. The number of hydrogen-bond acceptors (Lipinski definition) is 2. The van der Waals surface area contributed by atoms with Crippen LogP contribution in [-0.4, -0.2) is 12.6 Å². The highest BCUT2D eigenvalue weighted by Crippen LogP contribution is 2.39. The second-order valence-corrected chi connectivity index (χ2v) is 4.51. The van der Waals surface area contributed by atoms with Crippen molar-refractivity contribution in [2.24, 2.45) is 5.73 Å². The van der Waals surface area contributed by atoms with E-state index in [2.05, 4.69) is 18.1 Å². The Bertz CT molecular complexity index is 404. The number of methoxy groups -OCH3 is 1. The van der Waals surface area contributed by atoms with Crippen molar-refractivity contribution in [2.75, 3.05) is 7.11 Å². The van der Waals surface area contributed by atoms with Crippen molar-refractivity contribution >= 4 is 0 Å². The van der Waals surface area contributed by atoms with E-state index in [0.717, 1.165) is 25.0 Å². The van der Waals surface area contributed by atoms with Gasteiger partial charge in [0.1, 0.15) is 5.75 Å². The fourth-order valence-corrected chi connectivity index (χ4v) is 2.37. The molecule has 2 rings (SSSR count). The summed E-state index contributed by atoms with van der Waals surface area (Å²) in [7, 11) is 1.67. The Hall–Kier alpha value is -1.46. The van der Waals surface area contributed by atoms with Crippen LogP contribution in [0.15, 0.2) is 24.3 Å². The van der Waals surface area contributed by atoms with E-state index in [-0.39, 0.29) is 0 Å². The summed E-state index contributed by atoms with van der Waals surface area (Å²) in [5.41, 5.74) is 6.99. The minimum Gasteiger partial charge on any atom is -0.497 e. The molecule has 0 radical (unpaired) electrons. The van der Waals surface area contributed by atoms with Crippen molar-refractivity contribution in [1.82, 2.24) is 0 Å². The van der Waals surface area contributed by atoms with Crippen LogP contribution >= 0.6 is 0 Å². The molecule has 16 heavy (non-hydrogen) atoms. The van der Waals surface area contributed by atoms with Crippen molar-refractivity contribution in [3.05, 3.63) is 29.8 Å². The maximum absolute atomic E-state index is 6.08. The first-order chi connectivity index (χ1) is 7.67. The molecule has 0 spiro atoms. The van der Waals surface area contributed by atoms with Crippen molar-refractivity contribution in [3.63, 3.8) is 0 Å². The molecule has 0 amide bonds. The molecule has 0 aliphatic heterocycles. The molecule has 2 N–H and O–H groups in total. The highest BCUT2D eigenvalue weighted by molar-refractivity contribution is 5.32. The van der Waals surface area contributed by atoms with E-state index in [1.165, 1.54) is 5.56 Å². The maximum Gasteiger partial charge on any atom is 0.118 e. The second-order valence-electron chi connectivity index (χ2n) is 4.51. The van der Waals surface area contributed by atoms with Gasteiger partial charge in [-0.15, -0.1) is 6.42 Å². The average Bonchev–Trinajstić information content (AvgIpc) is 2.73. The Labute approximate surface area is 96.8 Å². The summed E-state index contributed by atoms with van der Waals surface area (Å²) in [6.45, 7) is 0. The van der Waals surface area contributed by atoms with E-state index in [1.807, 2.05) is 12.1 Å². The van der Waals surface area contributed by atoms with Gasteiger partial charge in [-0.05, 0) is 42.9 Å². The number of terminal acetylenes is 1. The number of ether oxygens (including phenoxy) is 1. The van der Waals surface area contributed by atoms with Gasteiger partial charge in [-0.25, -0.2) is 0 Å². The van der Waals surface area contributed by atoms with Gasteiger partial charge in [0.05, 0.1) is 12.6 Å². The van der Waals surface area contributed by atoms with Crippen molar-refractivity contribution in [1.29, 1.82) is 0 Å². The van der Waals surface area contributed by atoms with E-state index < -0.39 is 5.54 Å².